The van der Waals surface area contributed by atoms with Gasteiger partial charge in [-0.05, 0) is 48.0 Å². The van der Waals surface area contributed by atoms with E-state index in [0.29, 0.717) is 22.3 Å². The molecule has 0 bridgehead atoms. The van der Waals surface area contributed by atoms with Gasteiger partial charge < -0.3 is 0 Å². The number of rotatable bonds is 4. The average Bonchev–Trinajstić information content (AvgIpc) is 3.45. The molecule has 0 saturated carbocycles. The van der Waals surface area contributed by atoms with Crippen LogP contribution in [0.25, 0.3) is 11.6 Å². The van der Waals surface area contributed by atoms with E-state index in [1.165, 1.54) is 11.3 Å². The number of anilines is 3. The lowest BCUT2D eigenvalue weighted by molar-refractivity contribution is 0.104. The van der Waals surface area contributed by atoms with E-state index in [2.05, 4.69) is 4.98 Å². The molecule has 1 aliphatic carbocycles. The fourth-order valence-electron chi connectivity index (χ4n) is 3.96. The van der Waals surface area contributed by atoms with Crippen LogP contribution in [-0.2, 0) is 0 Å². The van der Waals surface area contributed by atoms with Gasteiger partial charge in [0.1, 0.15) is 28.5 Å². The van der Waals surface area contributed by atoms with Crippen LogP contribution in [-0.4, -0.2) is 10.8 Å². The van der Waals surface area contributed by atoms with Crippen molar-refractivity contribution in [3.63, 3.8) is 0 Å². The molecule has 2 heterocycles. The van der Waals surface area contributed by atoms with Crippen LogP contribution in [0, 0.1) is 22.7 Å². The Bertz CT molecular complexity index is 1480. The molecule has 0 aliphatic heterocycles. The third kappa shape index (κ3) is 3.69. The van der Waals surface area contributed by atoms with E-state index in [1.807, 2.05) is 77.7 Å². The molecule has 0 atom stereocenters. The van der Waals surface area contributed by atoms with Crippen LogP contribution >= 0.6 is 11.3 Å². The predicted molar refractivity (Wildman–Crippen MR) is 134 cm³/mol. The standard InChI is InChI=1S/C28H16N4OS/c29-17-19(18-30)27-22-10-4-5-11-23(22)28(33)24(27)16-21-13-14-26(34-21)32(20-8-2-1-3-9-20)25-12-6-7-15-31-25/h1-16H/b24-16+. The summed E-state index contributed by atoms with van der Waals surface area (Å²) in [5.74, 6) is 0.587. The van der Waals surface area contributed by atoms with Gasteiger partial charge >= 0.3 is 0 Å². The van der Waals surface area contributed by atoms with Crippen molar-refractivity contribution in [1.29, 1.82) is 10.5 Å². The van der Waals surface area contributed by atoms with Crippen LogP contribution in [0.15, 0.2) is 102 Å². The minimum Gasteiger partial charge on any atom is -0.289 e. The number of hydrogen-bond donors (Lipinski definition) is 0. The third-order valence-electron chi connectivity index (χ3n) is 5.44. The van der Waals surface area contributed by atoms with Gasteiger partial charge in [-0.3, -0.25) is 9.69 Å². The Balaban J connectivity index is 1.62. The van der Waals surface area contributed by atoms with E-state index >= 15 is 0 Å². The van der Waals surface area contributed by atoms with Gasteiger partial charge in [-0.25, -0.2) is 4.98 Å². The second-order valence-electron chi connectivity index (χ2n) is 7.44. The van der Waals surface area contributed by atoms with E-state index in [9.17, 15) is 15.3 Å². The number of pyridine rings is 1. The Morgan fingerprint density at radius 3 is 2.26 bits per heavy atom. The minimum absolute atomic E-state index is 0.0688. The molecule has 0 radical (unpaired) electrons. The molecule has 160 valence electrons. The van der Waals surface area contributed by atoms with Crippen molar-refractivity contribution >= 4 is 45.3 Å². The van der Waals surface area contributed by atoms with Crippen molar-refractivity contribution in [3.8, 4) is 12.1 Å². The van der Waals surface area contributed by atoms with Crippen LogP contribution in [0.3, 0.4) is 0 Å². The van der Waals surface area contributed by atoms with E-state index in [0.717, 1.165) is 21.4 Å². The lowest BCUT2D eigenvalue weighted by Gasteiger charge is -2.22. The molecule has 4 aromatic rings. The molecule has 2 aromatic carbocycles. The lowest BCUT2D eigenvalue weighted by Crippen LogP contribution is -2.09. The summed E-state index contributed by atoms with van der Waals surface area (Å²) in [5.41, 5.74) is 2.77. The van der Waals surface area contributed by atoms with Crippen LogP contribution in [0.4, 0.5) is 16.5 Å². The van der Waals surface area contributed by atoms with E-state index in [1.54, 1.807) is 36.5 Å². The molecule has 0 saturated heterocycles. The summed E-state index contributed by atoms with van der Waals surface area (Å²) in [7, 11) is 0. The first-order valence-corrected chi connectivity index (χ1v) is 11.3. The zero-order valence-electron chi connectivity index (χ0n) is 17.8. The highest BCUT2D eigenvalue weighted by molar-refractivity contribution is 7.17. The first kappa shape index (κ1) is 21.1. The monoisotopic (exact) mass is 456 g/mol. The molecule has 5 nitrogen and oxygen atoms in total. The summed E-state index contributed by atoms with van der Waals surface area (Å²) in [6.07, 6.45) is 3.51. The Morgan fingerprint density at radius 2 is 1.56 bits per heavy atom. The molecule has 5 rings (SSSR count). The number of para-hydroxylation sites is 1. The summed E-state index contributed by atoms with van der Waals surface area (Å²) >= 11 is 1.50. The van der Waals surface area contributed by atoms with Crippen LogP contribution in [0.1, 0.15) is 20.8 Å². The highest BCUT2D eigenvalue weighted by Gasteiger charge is 2.32. The molecule has 0 spiro atoms. The Labute approximate surface area is 200 Å². The van der Waals surface area contributed by atoms with Gasteiger partial charge in [0.25, 0.3) is 0 Å². The lowest BCUT2D eigenvalue weighted by atomic mass is 9.99. The Kier molecular flexibility index (Phi) is 5.58. The number of nitrogens with zero attached hydrogens (tertiary/aromatic N) is 4. The summed E-state index contributed by atoms with van der Waals surface area (Å²) in [6.45, 7) is 0. The average molecular weight is 457 g/mol. The maximum absolute atomic E-state index is 13.2. The molecular formula is C28H16N4OS. The first-order valence-electron chi connectivity index (χ1n) is 10.5. The predicted octanol–water partition coefficient (Wildman–Crippen LogP) is 6.69. The highest BCUT2D eigenvalue weighted by atomic mass is 32.1. The number of hydrogen-bond acceptors (Lipinski definition) is 6. The number of Topliss-reactive ketones (excluding diaryl/α,β-unsaturated/α-hetero) is 1. The molecule has 0 amide bonds. The summed E-state index contributed by atoms with van der Waals surface area (Å²) in [4.78, 5) is 20.6. The maximum Gasteiger partial charge on any atom is 0.194 e. The smallest absolute Gasteiger partial charge is 0.194 e. The quantitative estimate of drug-likeness (QED) is 0.252. The number of carbonyl (C=O) groups excluding carboxylic acids is 1. The van der Waals surface area contributed by atoms with Gasteiger partial charge in [0.15, 0.2) is 5.78 Å². The number of aromatic nitrogens is 1. The van der Waals surface area contributed by atoms with Crippen LogP contribution < -0.4 is 4.90 Å². The zero-order valence-corrected chi connectivity index (χ0v) is 18.7. The SMILES string of the molecule is N#CC(C#N)=C1/C(=C\c2ccc(N(c3ccccc3)c3ccccn3)s2)C(=O)c2ccccc21. The van der Waals surface area contributed by atoms with Crippen LogP contribution in [0.2, 0.25) is 0 Å². The van der Waals surface area contributed by atoms with Crippen molar-refractivity contribution in [3.05, 3.63) is 118 Å². The normalized spacial score (nSPS) is 13.3. The van der Waals surface area contributed by atoms with Gasteiger partial charge in [-0.1, -0.05) is 48.5 Å². The van der Waals surface area contributed by atoms with Crippen molar-refractivity contribution in [2.45, 2.75) is 0 Å². The Hall–Kier alpha value is -4.78. The molecule has 0 fully saturated rings. The van der Waals surface area contributed by atoms with Crippen molar-refractivity contribution in [1.82, 2.24) is 4.98 Å². The fourth-order valence-corrected chi connectivity index (χ4v) is 4.95. The number of thiophene rings is 1. The van der Waals surface area contributed by atoms with Gasteiger partial charge in [-0.2, -0.15) is 10.5 Å². The van der Waals surface area contributed by atoms with E-state index in [4.69, 9.17) is 0 Å². The van der Waals surface area contributed by atoms with Gasteiger partial charge in [0.05, 0.1) is 0 Å². The molecule has 34 heavy (non-hydrogen) atoms. The molecule has 2 aromatic heterocycles. The second kappa shape index (κ2) is 8.99. The maximum atomic E-state index is 13.2. The van der Waals surface area contributed by atoms with Gasteiger partial charge in [0, 0.05) is 33.5 Å². The molecule has 0 unspecified atom stereocenters. The van der Waals surface area contributed by atoms with E-state index < -0.39 is 0 Å². The van der Waals surface area contributed by atoms with Crippen molar-refractivity contribution < 1.29 is 4.79 Å². The van der Waals surface area contributed by atoms with Gasteiger partial charge in [0.2, 0.25) is 0 Å². The number of allylic oxidation sites excluding steroid dienone is 3. The molecule has 0 N–H and O–H groups in total. The minimum atomic E-state index is -0.187. The zero-order chi connectivity index (χ0) is 23.5. The van der Waals surface area contributed by atoms with Crippen LogP contribution in [0.5, 0.6) is 0 Å². The van der Waals surface area contributed by atoms with Crippen molar-refractivity contribution in [2.75, 3.05) is 4.90 Å². The summed E-state index contributed by atoms with van der Waals surface area (Å²) in [6, 6.07) is 30.6. The highest BCUT2D eigenvalue weighted by Crippen LogP contribution is 2.42. The largest absolute Gasteiger partial charge is 0.289 e. The van der Waals surface area contributed by atoms with Crippen molar-refractivity contribution in [2.24, 2.45) is 0 Å². The third-order valence-corrected chi connectivity index (χ3v) is 6.46. The Morgan fingerprint density at radius 1 is 0.853 bits per heavy atom. The first-order chi connectivity index (χ1) is 16.7. The summed E-state index contributed by atoms with van der Waals surface area (Å²) < 4.78 is 0. The van der Waals surface area contributed by atoms with E-state index in [-0.39, 0.29) is 11.4 Å². The fraction of sp³-hybridized carbons (Fsp3) is 0. The van der Waals surface area contributed by atoms with Gasteiger partial charge in [-0.15, -0.1) is 11.3 Å². The molecular weight excluding hydrogens is 440 g/mol. The number of fused-ring (bicyclic) bond motifs is 1. The molecule has 6 heteroatoms. The molecule has 1 aliphatic rings. The summed E-state index contributed by atoms with van der Waals surface area (Å²) in [5, 5.41) is 20.0. The number of benzene rings is 2. The topological polar surface area (TPSA) is 80.8 Å². The number of ketones is 1. The number of nitriles is 2. The second-order valence-corrected chi connectivity index (χ2v) is 8.54. The number of carbonyl (C=O) groups is 1.